The molecule has 0 fully saturated rings. The van der Waals surface area contributed by atoms with Crippen molar-refractivity contribution in [1.29, 1.82) is 0 Å². The van der Waals surface area contributed by atoms with E-state index in [9.17, 15) is 9.59 Å². The first-order valence-electron chi connectivity index (χ1n) is 10.4. The van der Waals surface area contributed by atoms with E-state index in [4.69, 9.17) is 14.0 Å². The molecule has 0 saturated heterocycles. The first kappa shape index (κ1) is 23.1. The third kappa shape index (κ3) is 6.20. The van der Waals surface area contributed by atoms with Gasteiger partial charge in [0.05, 0.1) is 37.3 Å². The lowest BCUT2D eigenvalue weighted by atomic mass is 10.0. The van der Waals surface area contributed by atoms with Crippen LogP contribution in [-0.4, -0.2) is 24.1 Å². The molecule has 0 bridgehead atoms. The maximum atomic E-state index is 12.7. The van der Waals surface area contributed by atoms with Crippen molar-refractivity contribution in [3.05, 3.63) is 82.2 Å². The Balaban J connectivity index is 1.59. The topological polar surface area (TPSA) is 90.7 Å². The van der Waals surface area contributed by atoms with Crippen molar-refractivity contribution in [1.82, 2.24) is 10.5 Å². The molecule has 1 atom stereocenters. The number of esters is 1. The van der Waals surface area contributed by atoms with Gasteiger partial charge >= 0.3 is 5.97 Å². The second-order valence-electron chi connectivity index (χ2n) is 7.72. The minimum Gasteiger partial charge on any atom is -0.489 e. The van der Waals surface area contributed by atoms with Crippen LogP contribution in [0.15, 0.2) is 53.1 Å². The number of methoxy groups -OCH3 is 1. The summed E-state index contributed by atoms with van der Waals surface area (Å²) in [5, 5.41) is 6.87. The van der Waals surface area contributed by atoms with E-state index in [1.54, 1.807) is 0 Å². The number of benzene rings is 2. The summed E-state index contributed by atoms with van der Waals surface area (Å²) in [7, 11) is 1.34. The molecule has 0 spiro atoms. The van der Waals surface area contributed by atoms with Crippen molar-refractivity contribution in [2.75, 3.05) is 7.11 Å². The van der Waals surface area contributed by atoms with Crippen LogP contribution in [-0.2, 0) is 27.4 Å². The number of amides is 1. The van der Waals surface area contributed by atoms with Crippen LogP contribution in [0.2, 0.25) is 0 Å². The highest BCUT2D eigenvalue weighted by Gasteiger charge is 2.19. The zero-order chi connectivity index (χ0) is 23.1. The summed E-state index contributed by atoms with van der Waals surface area (Å²) < 4.78 is 15.7. The minimum atomic E-state index is -0.451. The Morgan fingerprint density at radius 2 is 1.72 bits per heavy atom. The SMILES string of the molecule is COC(=O)CC(NC(=O)Cc1ccc(OCc2c(C)noc2C)cc1)c1ccc(C)cc1. The molecule has 7 nitrogen and oxygen atoms in total. The number of aryl methyl sites for hydroxylation is 3. The van der Waals surface area contributed by atoms with Crippen molar-refractivity contribution < 1.29 is 23.6 Å². The number of aromatic nitrogens is 1. The number of nitrogens with one attached hydrogen (secondary N) is 1. The maximum Gasteiger partial charge on any atom is 0.307 e. The first-order valence-corrected chi connectivity index (χ1v) is 10.4. The van der Waals surface area contributed by atoms with E-state index in [-0.39, 0.29) is 24.7 Å². The highest BCUT2D eigenvalue weighted by Crippen LogP contribution is 2.20. The second-order valence-corrected chi connectivity index (χ2v) is 7.72. The van der Waals surface area contributed by atoms with Gasteiger partial charge in [0.15, 0.2) is 0 Å². The van der Waals surface area contributed by atoms with Gasteiger partial charge in [-0.15, -0.1) is 0 Å². The van der Waals surface area contributed by atoms with Crippen LogP contribution in [0.25, 0.3) is 0 Å². The summed E-state index contributed by atoms with van der Waals surface area (Å²) in [5.74, 6) is 0.878. The molecule has 1 unspecified atom stereocenters. The van der Waals surface area contributed by atoms with Crippen LogP contribution in [0.5, 0.6) is 5.75 Å². The van der Waals surface area contributed by atoms with E-state index in [1.165, 1.54) is 7.11 Å². The van der Waals surface area contributed by atoms with Gasteiger partial charge in [-0.05, 0) is 44.0 Å². The van der Waals surface area contributed by atoms with Crippen molar-refractivity contribution in [2.24, 2.45) is 0 Å². The van der Waals surface area contributed by atoms with Crippen LogP contribution in [0.1, 0.15) is 46.2 Å². The average Bonchev–Trinajstić information content (AvgIpc) is 3.10. The number of hydrogen-bond donors (Lipinski definition) is 1. The lowest BCUT2D eigenvalue weighted by molar-refractivity contribution is -0.141. The molecule has 1 N–H and O–H groups in total. The predicted molar refractivity (Wildman–Crippen MR) is 119 cm³/mol. The lowest BCUT2D eigenvalue weighted by Crippen LogP contribution is -2.31. The van der Waals surface area contributed by atoms with Crippen LogP contribution in [0.3, 0.4) is 0 Å². The maximum absolute atomic E-state index is 12.7. The highest BCUT2D eigenvalue weighted by molar-refractivity contribution is 5.80. The van der Waals surface area contributed by atoms with Gasteiger partial charge in [0, 0.05) is 0 Å². The van der Waals surface area contributed by atoms with Crippen LogP contribution < -0.4 is 10.1 Å². The zero-order valence-electron chi connectivity index (χ0n) is 18.8. The molecule has 2 aromatic carbocycles. The number of carbonyl (C=O) groups excluding carboxylic acids is 2. The van der Waals surface area contributed by atoms with E-state index < -0.39 is 6.04 Å². The van der Waals surface area contributed by atoms with Crippen molar-refractivity contribution >= 4 is 11.9 Å². The molecule has 3 rings (SSSR count). The molecule has 0 saturated carbocycles. The Labute approximate surface area is 187 Å². The third-order valence-electron chi connectivity index (χ3n) is 5.27. The first-order chi connectivity index (χ1) is 15.4. The monoisotopic (exact) mass is 436 g/mol. The van der Waals surface area contributed by atoms with Gasteiger partial charge in [-0.2, -0.15) is 0 Å². The molecular formula is C25H28N2O5. The second kappa shape index (κ2) is 10.6. The predicted octanol–water partition coefficient (Wildman–Crippen LogP) is 4.14. The molecule has 7 heteroatoms. The number of ether oxygens (including phenoxy) is 2. The van der Waals surface area contributed by atoms with Crippen LogP contribution in [0.4, 0.5) is 0 Å². The summed E-state index contributed by atoms with van der Waals surface area (Å²) in [5.41, 5.74) is 4.55. The molecule has 0 aliphatic carbocycles. The molecule has 0 aliphatic rings. The molecule has 1 aromatic heterocycles. The van der Waals surface area contributed by atoms with Crippen molar-refractivity contribution in [2.45, 2.75) is 46.3 Å². The fourth-order valence-electron chi connectivity index (χ4n) is 3.30. The van der Waals surface area contributed by atoms with Crippen LogP contribution in [0, 0.1) is 20.8 Å². The van der Waals surface area contributed by atoms with Gasteiger partial charge in [0.2, 0.25) is 5.91 Å². The van der Waals surface area contributed by atoms with Gasteiger partial charge in [-0.25, -0.2) is 0 Å². The normalized spacial score (nSPS) is 11.6. The van der Waals surface area contributed by atoms with E-state index in [2.05, 4.69) is 10.5 Å². The molecular weight excluding hydrogens is 408 g/mol. The fourth-order valence-corrected chi connectivity index (χ4v) is 3.30. The number of carbonyl (C=O) groups is 2. The summed E-state index contributed by atoms with van der Waals surface area (Å²) in [6.45, 7) is 6.08. The standard InChI is InChI=1S/C25H28N2O5/c1-16-5-9-20(10-6-16)23(14-25(29)30-4)26-24(28)13-19-7-11-21(12-8-19)31-15-22-17(2)27-32-18(22)3/h5-12,23H,13-15H2,1-4H3,(H,26,28). The average molecular weight is 437 g/mol. The van der Waals surface area contributed by atoms with Gasteiger partial charge in [-0.1, -0.05) is 47.1 Å². The summed E-state index contributed by atoms with van der Waals surface area (Å²) >= 11 is 0. The summed E-state index contributed by atoms with van der Waals surface area (Å²) in [6, 6.07) is 14.6. The zero-order valence-corrected chi connectivity index (χ0v) is 18.8. The Kier molecular flexibility index (Phi) is 7.65. The number of hydrogen-bond acceptors (Lipinski definition) is 6. The molecule has 1 amide bonds. The molecule has 0 radical (unpaired) electrons. The molecule has 168 valence electrons. The van der Waals surface area contributed by atoms with Gasteiger partial charge in [-0.3, -0.25) is 9.59 Å². The van der Waals surface area contributed by atoms with E-state index in [1.807, 2.05) is 69.3 Å². The van der Waals surface area contributed by atoms with Crippen molar-refractivity contribution in [3.63, 3.8) is 0 Å². The van der Waals surface area contributed by atoms with Gasteiger partial charge < -0.3 is 19.3 Å². The Morgan fingerprint density at radius 3 is 2.31 bits per heavy atom. The van der Waals surface area contributed by atoms with Crippen molar-refractivity contribution in [3.8, 4) is 5.75 Å². The third-order valence-corrected chi connectivity index (χ3v) is 5.27. The molecule has 3 aromatic rings. The smallest absolute Gasteiger partial charge is 0.307 e. The van der Waals surface area contributed by atoms with E-state index in [0.717, 1.165) is 33.7 Å². The molecule has 32 heavy (non-hydrogen) atoms. The Hall–Kier alpha value is -3.61. The molecule has 1 heterocycles. The van der Waals surface area contributed by atoms with E-state index >= 15 is 0 Å². The Morgan fingerprint density at radius 1 is 1.03 bits per heavy atom. The largest absolute Gasteiger partial charge is 0.489 e. The van der Waals surface area contributed by atoms with Gasteiger partial charge in [0.1, 0.15) is 18.1 Å². The Bertz CT molecular complexity index is 1040. The van der Waals surface area contributed by atoms with Gasteiger partial charge in [0.25, 0.3) is 0 Å². The number of rotatable bonds is 9. The van der Waals surface area contributed by atoms with E-state index in [0.29, 0.717) is 12.4 Å². The number of nitrogens with zero attached hydrogens (tertiary/aromatic N) is 1. The van der Waals surface area contributed by atoms with Crippen LogP contribution >= 0.6 is 0 Å². The summed E-state index contributed by atoms with van der Waals surface area (Å²) in [6.07, 6.45) is 0.257. The minimum absolute atomic E-state index is 0.0692. The molecule has 0 aliphatic heterocycles. The highest BCUT2D eigenvalue weighted by atomic mass is 16.5. The lowest BCUT2D eigenvalue weighted by Gasteiger charge is -2.18. The summed E-state index contributed by atoms with van der Waals surface area (Å²) in [4.78, 5) is 24.5. The fraction of sp³-hybridized carbons (Fsp3) is 0.320. The quantitative estimate of drug-likeness (QED) is 0.507.